The third-order valence-corrected chi connectivity index (χ3v) is 10.0. The summed E-state index contributed by atoms with van der Waals surface area (Å²) in [6, 6.07) is 10.6. The fourth-order valence-corrected chi connectivity index (χ4v) is 7.30. The summed E-state index contributed by atoms with van der Waals surface area (Å²) in [7, 11) is 1.10. The van der Waals surface area contributed by atoms with E-state index in [1.807, 2.05) is 42.1 Å². The third kappa shape index (κ3) is 6.73. The Hall–Kier alpha value is -2.69. The van der Waals surface area contributed by atoms with E-state index in [9.17, 15) is 23.2 Å². The second-order valence-electron chi connectivity index (χ2n) is 11.2. The molecule has 1 aliphatic heterocycles. The minimum absolute atomic E-state index is 0.0169. The summed E-state index contributed by atoms with van der Waals surface area (Å²) in [4.78, 5) is 30.4. The highest BCUT2D eigenvalue weighted by Gasteiger charge is 2.33. The van der Waals surface area contributed by atoms with Crippen molar-refractivity contribution < 1.29 is 23.2 Å². The Morgan fingerprint density at radius 2 is 1.59 bits per heavy atom. The number of hydrogen-bond donors (Lipinski definition) is 1. The topological polar surface area (TPSA) is 101 Å². The van der Waals surface area contributed by atoms with Gasteiger partial charge in [-0.15, -0.1) is 0 Å². The first-order valence-electron chi connectivity index (χ1n) is 14.0. The van der Waals surface area contributed by atoms with Crippen LogP contribution in [-0.2, 0) is 19.6 Å². The molecular formula is C29H42N4O5S. The van der Waals surface area contributed by atoms with Crippen LogP contribution in [0.3, 0.4) is 0 Å². The summed E-state index contributed by atoms with van der Waals surface area (Å²) >= 11 is 0. The first-order chi connectivity index (χ1) is 18.6. The van der Waals surface area contributed by atoms with E-state index in [1.54, 1.807) is 12.1 Å². The molecule has 2 amide bonds. The highest BCUT2D eigenvalue weighted by molar-refractivity contribution is 7.89. The number of hydrogen-bond acceptors (Lipinski definition) is 6. The van der Waals surface area contributed by atoms with Gasteiger partial charge >= 0.3 is 0 Å². The molecule has 1 N–H and O–H groups in total. The van der Waals surface area contributed by atoms with Gasteiger partial charge in [-0.25, -0.2) is 13.5 Å². The van der Waals surface area contributed by atoms with Gasteiger partial charge in [0.25, 0.3) is 0 Å². The van der Waals surface area contributed by atoms with Crippen LogP contribution in [0.25, 0.3) is 10.8 Å². The average molecular weight is 559 g/mol. The molecule has 1 heterocycles. The molecule has 1 aliphatic carbocycles. The van der Waals surface area contributed by atoms with Crippen LogP contribution >= 0.6 is 0 Å². The predicted octanol–water partition coefficient (Wildman–Crippen LogP) is 4.30. The first kappa shape index (κ1) is 29.3. The molecule has 0 unspecified atom stereocenters. The Balaban J connectivity index is 1.48. The van der Waals surface area contributed by atoms with Gasteiger partial charge in [-0.05, 0) is 43.7 Å². The molecule has 0 aromatic heterocycles. The lowest BCUT2D eigenvalue weighted by atomic mass is 9.89. The lowest BCUT2D eigenvalue weighted by Crippen LogP contribution is -2.44. The van der Waals surface area contributed by atoms with Crippen molar-refractivity contribution in [1.82, 2.24) is 14.3 Å². The maximum atomic E-state index is 13.6. The molecule has 10 heteroatoms. The summed E-state index contributed by atoms with van der Waals surface area (Å²) in [5.74, 6) is -0.752. The molecule has 2 aromatic carbocycles. The normalized spacial score (nSPS) is 17.5. The molecule has 214 valence electrons. The number of piperidine rings is 1. The highest BCUT2D eigenvalue weighted by Crippen LogP contribution is 2.33. The summed E-state index contributed by atoms with van der Waals surface area (Å²) < 4.78 is 28.1. The number of nitrogens with zero attached hydrogens (tertiary/aromatic N) is 4. The Morgan fingerprint density at radius 3 is 2.26 bits per heavy atom. The number of carbonyl (C=O) groups excluding carboxylic acids is 2. The van der Waals surface area contributed by atoms with Crippen molar-refractivity contribution >= 4 is 38.3 Å². The molecule has 1 atom stereocenters. The lowest BCUT2D eigenvalue weighted by molar-refractivity contribution is -0.172. The van der Waals surface area contributed by atoms with Crippen LogP contribution in [-0.4, -0.2) is 80.6 Å². The molecular weight excluding hydrogens is 516 g/mol. The maximum Gasteiger partial charge on any atom is 0.247 e. The Kier molecular flexibility index (Phi) is 9.51. The molecule has 39 heavy (non-hydrogen) atoms. The Labute approximate surface area is 232 Å². The number of amides is 2. The third-order valence-electron chi connectivity index (χ3n) is 8.18. The van der Waals surface area contributed by atoms with Gasteiger partial charge in [-0.1, -0.05) is 49.9 Å². The van der Waals surface area contributed by atoms with Crippen molar-refractivity contribution in [2.45, 2.75) is 62.7 Å². The zero-order valence-electron chi connectivity index (χ0n) is 23.4. The summed E-state index contributed by atoms with van der Waals surface area (Å²) in [5, 5.41) is 12.5. The van der Waals surface area contributed by atoms with Crippen molar-refractivity contribution in [3.8, 4) is 0 Å². The molecule has 0 radical (unpaired) electrons. The largest absolute Gasteiger partial charge is 0.377 e. The van der Waals surface area contributed by atoms with E-state index < -0.39 is 28.5 Å². The van der Waals surface area contributed by atoms with Gasteiger partial charge in [0.05, 0.1) is 4.90 Å². The number of anilines is 1. The van der Waals surface area contributed by atoms with Crippen molar-refractivity contribution in [3.63, 3.8) is 0 Å². The molecule has 0 bridgehead atoms. The van der Waals surface area contributed by atoms with E-state index in [1.165, 1.54) is 13.1 Å². The summed E-state index contributed by atoms with van der Waals surface area (Å²) in [6.45, 7) is 0.885. The zero-order chi connectivity index (χ0) is 28.2. The first-order valence-corrected chi connectivity index (χ1v) is 15.5. The average Bonchev–Trinajstić information content (AvgIpc) is 3.45. The number of fused-ring (bicyclic) bond motifs is 1. The highest BCUT2D eigenvalue weighted by atomic mass is 32.2. The number of sulfonamides is 1. The number of hydroxylamine groups is 2. The summed E-state index contributed by atoms with van der Waals surface area (Å²) in [5.41, 5.74) is 0.887. The number of rotatable bonds is 10. The van der Waals surface area contributed by atoms with Gasteiger partial charge in [0, 0.05) is 63.0 Å². The molecule has 0 spiro atoms. The van der Waals surface area contributed by atoms with Gasteiger partial charge in [0.1, 0.15) is 6.67 Å². The standard InChI is InChI=1S/C29H42N4O5S/c1-30(2)26-15-9-14-25-24(26)13-10-16-27(25)39(37,38)31(3)21-33(36)28(34)20-23(19-22-11-5-6-12-22)29(35)32-17-7-4-8-18-32/h9-10,13-16,22-23,36H,4-8,11-12,17-21H2,1-3H3/t23-/m1/s1. The van der Waals surface area contributed by atoms with Gasteiger partial charge < -0.3 is 9.80 Å². The van der Waals surface area contributed by atoms with Gasteiger partial charge in [0.15, 0.2) is 0 Å². The molecule has 2 aliphatic rings. The van der Waals surface area contributed by atoms with Crippen LogP contribution in [0.15, 0.2) is 41.3 Å². The van der Waals surface area contributed by atoms with Crippen molar-refractivity contribution in [2.24, 2.45) is 11.8 Å². The van der Waals surface area contributed by atoms with Crippen molar-refractivity contribution in [1.29, 1.82) is 0 Å². The van der Waals surface area contributed by atoms with Gasteiger partial charge in [-0.2, -0.15) is 4.31 Å². The van der Waals surface area contributed by atoms with E-state index in [-0.39, 0.29) is 17.2 Å². The van der Waals surface area contributed by atoms with Crippen LogP contribution in [0.4, 0.5) is 5.69 Å². The van der Waals surface area contributed by atoms with Crippen molar-refractivity contribution in [2.75, 3.05) is 45.8 Å². The van der Waals surface area contributed by atoms with E-state index in [4.69, 9.17) is 0 Å². The number of benzene rings is 2. The smallest absolute Gasteiger partial charge is 0.247 e. The van der Waals surface area contributed by atoms with E-state index in [0.29, 0.717) is 35.9 Å². The molecule has 1 saturated heterocycles. The number of likely N-dealkylation sites (tertiary alicyclic amines) is 1. The molecule has 2 fully saturated rings. The van der Waals surface area contributed by atoms with E-state index in [2.05, 4.69) is 0 Å². The molecule has 9 nitrogen and oxygen atoms in total. The lowest BCUT2D eigenvalue weighted by Gasteiger charge is -2.32. The minimum atomic E-state index is -4.03. The Bertz CT molecular complexity index is 1270. The van der Waals surface area contributed by atoms with Gasteiger partial charge in [-0.3, -0.25) is 14.8 Å². The molecule has 2 aromatic rings. The maximum absolute atomic E-state index is 13.6. The monoisotopic (exact) mass is 558 g/mol. The van der Waals surface area contributed by atoms with Crippen LogP contribution in [0.1, 0.15) is 57.8 Å². The second kappa shape index (κ2) is 12.7. The predicted molar refractivity (Wildman–Crippen MR) is 152 cm³/mol. The zero-order valence-corrected chi connectivity index (χ0v) is 24.2. The molecule has 4 rings (SSSR count). The Morgan fingerprint density at radius 1 is 0.949 bits per heavy atom. The van der Waals surface area contributed by atoms with Crippen LogP contribution in [0.5, 0.6) is 0 Å². The quantitative estimate of drug-likeness (QED) is 0.265. The fourth-order valence-electron chi connectivity index (χ4n) is 6.00. The van der Waals surface area contributed by atoms with E-state index >= 15 is 0 Å². The van der Waals surface area contributed by atoms with Crippen LogP contribution in [0.2, 0.25) is 0 Å². The van der Waals surface area contributed by atoms with Crippen molar-refractivity contribution in [3.05, 3.63) is 36.4 Å². The number of carbonyl (C=O) groups is 2. The fraction of sp³-hybridized carbons (Fsp3) is 0.586. The van der Waals surface area contributed by atoms with Gasteiger partial charge in [0.2, 0.25) is 21.8 Å². The second-order valence-corrected chi connectivity index (χ2v) is 13.2. The summed E-state index contributed by atoms with van der Waals surface area (Å²) in [6.07, 6.45) is 7.94. The van der Waals surface area contributed by atoms with E-state index in [0.717, 1.165) is 60.3 Å². The minimum Gasteiger partial charge on any atom is -0.377 e. The van der Waals surface area contributed by atoms with Crippen LogP contribution in [0, 0.1) is 11.8 Å². The molecule has 1 saturated carbocycles. The van der Waals surface area contributed by atoms with Crippen LogP contribution < -0.4 is 4.90 Å². The SMILES string of the molecule is CN(C)c1cccc2c(S(=O)(=O)N(C)CN(O)C(=O)C[C@@H](CC3CCCC3)C(=O)N3CCCCC3)cccc12.